The lowest BCUT2D eigenvalue weighted by atomic mass is 10.1. The fourth-order valence-electron chi connectivity index (χ4n) is 1.26. The van der Waals surface area contributed by atoms with Crippen LogP contribution in [-0.4, -0.2) is 18.1 Å². The van der Waals surface area contributed by atoms with Gasteiger partial charge in [0, 0.05) is 23.8 Å². The first-order chi connectivity index (χ1) is 6.65. The van der Waals surface area contributed by atoms with Gasteiger partial charge in [0.05, 0.1) is 10.7 Å². The third-order valence-corrected chi connectivity index (χ3v) is 3.40. The Balaban J connectivity index is 2.57. The zero-order valence-corrected chi connectivity index (χ0v) is 10.3. The van der Waals surface area contributed by atoms with Crippen LogP contribution in [0.4, 0.5) is 0 Å². The first kappa shape index (κ1) is 11.7. The smallest absolute Gasteiger partial charge is 0.0953 e. The molecule has 0 aliphatic heterocycles. The topological polar surface area (TPSA) is 24.9 Å². The Morgan fingerprint density at radius 2 is 2.14 bits per heavy atom. The summed E-state index contributed by atoms with van der Waals surface area (Å²) < 4.78 is 0. The van der Waals surface area contributed by atoms with Crippen molar-refractivity contribution in [1.82, 2.24) is 10.3 Å². The van der Waals surface area contributed by atoms with Crippen LogP contribution in [0.1, 0.15) is 50.2 Å². The second-order valence-electron chi connectivity index (χ2n) is 3.97. The molecule has 0 radical (unpaired) electrons. The second kappa shape index (κ2) is 5.47. The zero-order chi connectivity index (χ0) is 10.6. The summed E-state index contributed by atoms with van der Waals surface area (Å²) in [4.78, 5) is 4.64. The highest BCUT2D eigenvalue weighted by molar-refractivity contribution is 7.09. The van der Waals surface area contributed by atoms with Crippen LogP contribution in [0.3, 0.4) is 0 Å². The van der Waals surface area contributed by atoms with Crippen molar-refractivity contribution < 1.29 is 0 Å². The van der Waals surface area contributed by atoms with Crippen molar-refractivity contribution in [2.45, 2.75) is 39.5 Å². The van der Waals surface area contributed by atoms with E-state index < -0.39 is 0 Å². The van der Waals surface area contributed by atoms with Crippen LogP contribution in [0.2, 0.25) is 0 Å². The van der Waals surface area contributed by atoms with Gasteiger partial charge in [0.15, 0.2) is 0 Å². The normalized spacial score (nSPS) is 13.5. The quantitative estimate of drug-likeness (QED) is 0.811. The van der Waals surface area contributed by atoms with Crippen molar-refractivity contribution in [2.75, 3.05) is 13.1 Å². The lowest BCUT2D eigenvalue weighted by molar-refractivity contribution is 0.622. The summed E-state index contributed by atoms with van der Waals surface area (Å²) in [5.41, 5.74) is 1.24. The van der Waals surface area contributed by atoms with Crippen LogP contribution in [0.5, 0.6) is 0 Å². The van der Waals surface area contributed by atoms with Gasteiger partial charge in [0.1, 0.15) is 0 Å². The van der Waals surface area contributed by atoms with Crippen LogP contribution < -0.4 is 5.32 Å². The summed E-state index contributed by atoms with van der Waals surface area (Å²) in [6, 6.07) is 0. The lowest BCUT2D eigenvalue weighted by Gasteiger charge is -2.08. The molecular formula is C11H20N2S. The van der Waals surface area contributed by atoms with Crippen molar-refractivity contribution in [3.8, 4) is 0 Å². The van der Waals surface area contributed by atoms with Gasteiger partial charge in [-0.25, -0.2) is 4.98 Å². The van der Waals surface area contributed by atoms with E-state index in [1.54, 1.807) is 11.3 Å². The predicted molar refractivity (Wildman–Crippen MR) is 63.2 cm³/mol. The molecule has 3 heteroatoms. The molecular weight excluding hydrogens is 192 g/mol. The van der Waals surface area contributed by atoms with E-state index >= 15 is 0 Å². The molecule has 0 saturated heterocycles. The van der Waals surface area contributed by atoms with Gasteiger partial charge in [0.2, 0.25) is 0 Å². The minimum absolute atomic E-state index is 0.527. The highest BCUT2D eigenvalue weighted by Crippen LogP contribution is 2.23. The number of aromatic nitrogens is 1. The summed E-state index contributed by atoms with van der Waals surface area (Å²) >= 11 is 1.78. The zero-order valence-electron chi connectivity index (χ0n) is 9.50. The first-order valence-electron chi connectivity index (χ1n) is 5.31. The van der Waals surface area contributed by atoms with Gasteiger partial charge in [-0.2, -0.15) is 0 Å². The molecule has 1 N–H and O–H groups in total. The highest BCUT2D eigenvalue weighted by Gasteiger charge is 2.10. The van der Waals surface area contributed by atoms with Gasteiger partial charge in [-0.05, 0) is 6.54 Å². The number of nitrogens with one attached hydrogen (secondary N) is 1. The number of hydrogen-bond acceptors (Lipinski definition) is 3. The Morgan fingerprint density at radius 3 is 2.64 bits per heavy atom. The monoisotopic (exact) mass is 212 g/mol. The molecule has 0 spiro atoms. The van der Waals surface area contributed by atoms with E-state index in [0.29, 0.717) is 11.8 Å². The Morgan fingerprint density at radius 1 is 1.43 bits per heavy atom. The average Bonchev–Trinajstić information content (AvgIpc) is 2.62. The molecule has 0 aliphatic carbocycles. The van der Waals surface area contributed by atoms with Gasteiger partial charge in [0.25, 0.3) is 0 Å². The van der Waals surface area contributed by atoms with Crippen LogP contribution in [-0.2, 0) is 0 Å². The van der Waals surface area contributed by atoms with Crippen molar-refractivity contribution in [3.05, 3.63) is 16.1 Å². The lowest BCUT2D eigenvalue weighted by Crippen LogP contribution is -2.19. The fourth-order valence-corrected chi connectivity index (χ4v) is 2.21. The molecule has 0 aromatic carbocycles. The van der Waals surface area contributed by atoms with Crippen LogP contribution >= 0.6 is 11.3 Å². The molecule has 0 bridgehead atoms. The molecule has 1 heterocycles. The minimum Gasteiger partial charge on any atom is -0.316 e. The van der Waals surface area contributed by atoms with Crippen molar-refractivity contribution in [2.24, 2.45) is 0 Å². The fraction of sp³-hybridized carbons (Fsp3) is 0.727. The molecule has 1 unspecified atom stereocenters. The molecule has 0 saturated carbocycles. The molecule has 0 amide bonds. The van der Waals surface area contributed by atoms with E-state index in [1.807, 2.05) is 0 Å². The van der Waals surface area contributed by atoms with E-state index in [0.717, 1.165) is 13.1 Å². The van der Waals surface area contributed by atoms with Gasteiger partial charge < -0.3 is 5.32 Å². The van der Waals surface area contributed by atoms with E-state index in [1.165, 1.54) is 10.7 Å². The second-order valence-corrected chi connectivity index (χ2v) is 4.86. The summed E-state index contributed by atoms with van der Waals surface area (Å²) in [5.74, 6) is 1.08. The highest BCUT2D eigenvalue weighted by atomic mass is 32.1. The summed E-state index contributed by atoms with van der Waals surface area (Å²) in [5, 5.41) is 6.79. The molecule has 2 nitrogen and oxygen atoms in total. The summed E-state index contributed by atoms with van der Waals surface area (Å²) in [7, 11) is 0. The van der Waals surface area contributed by atoms with Gasteiger partial charge in [-0.1, -0.05) is 27.7 Å². The predicted octanol–water partition coefficient (Wildman–Crippen LogP) is 2.98. The van der Waals surface area contributed by atoms with Gasteiger partial charge in [-0.15, -0.1) is 11.3 Å². The van der Waals surface area contributed by atoms with Crippen LogP contribution in [0.15, 0.2) is 5.38 Å². The molecule has 0 fully saturated rings. The summed E-state index contributed by atoms with van der Waals surface area (Å²) in [6.07, 6.45) is 0. The number of rotatable bonds is 5. The molecule has 0 aliphatic rings. The van der Waals surface area contributed by atoms with Gasteiger partial charge in [-0.3, -0.25) is 0 Å². The Hall–Kier alpha value is -0.410. The van der Waals surface area contributed by atoms with E-state index in [9.17, 15) is 0 Å². The number of nitrogens with zero attached hydrogens (tertiary/aromatic N) is 1. The Labute approximate surface area is 90.8 Å². The Bertz CT molecular complexity index is 268. The Kier molecular flexibility index (Phi) is 4.55. The molecule has 1 aromatic heterocycles. The maximum absolute atomic E-state index is 4.64. The van der Waals surface area contributed by atoms with Crippen molar-refractivity contribution in [3.63, 3.8) is 0 Å². The number of likely N-dealkylation sites (N-methyl/N-ethyl adjacent to an activating group) is 1. The van der Waals surface area contributed by atoms with Crippen molar-refractivity contribution in [1.29, 1.82) is 0 Å². The van der Waals surface area contributed by atoms with E-state index in [-0.39, 0.29) is 0 Å². The SMILES string of the molecule is CCNCC(C)c1csc(C(C)C)n1. The van der Waals surface area contributed by atoms with Crippen molar-refractivity contribution >= 4 is 11.3 Å². The molecule has 14 heavy (non-hydrogen) atoms. The molecule has 1 aromatic rings. The average molecular weight is 212 g/mol. The van der Waals surface area contributed by atoms with Crippen LogP contribution in [0, 0.1) is 0 Å². The maximum atomic E-state index is 4.64. The molecule has 1 rings (SSSR count). The standard InChI is InChI=1S/C11H20N2S/c1-5-12-6-9(4)10-7-14-11(13-10)8(2)3/h7-9,12H,5-6H2,1-4H3. The first-order valence-corrected chi connectivity index (χ1v) is 6.19. The largest absolute Gasteiger partial charge is 0.316 e. The van der Waals surface area contributed by atoms with E-state index in [4.69, 9.17) is 0 Å². The molecule has 1 atom stereocenters. The van der Waals surface area contributed by atoms with Crippen LogP contribution in [0.25, 0.3) is 0 Å². The van der Waals surface area contributed by atoms with Gasteiger partial charge >= 0.3 is 0 Å². The third-order valence-electron chi connectivity index (χ3n) is 2.24. The van der Waals surface area contributed by atoms with E-state index in [2.05, 4.69) is 43.4 Å². The summed E-state index contributed by atoms with van der Waals surface area (Å²) in [6.45, 7) is 10.8. The third kappa shape index (κ3) is 3.07. The molecule has 80 valence electrons. The number of hydrogen-bond donors (Lipinski definition) is 1. The maximum Gasteiger partial charge on any atom is 0.0953 e. The minimum atomic E-state index is 0.527. The number of thiazole rings is 1.